The zero-order chi connectivity index (χ0) is 22.9. The second-order valence-corrected chi connectivity index (χ2v) is 11.5. The van der Waals surface area contributed by atoms with Crippen molar-refractivity contribution in [3.8, 4) is 0 Å². The highest BCUT2D eigenvalue weighted by molar-refractivity contribution is 5.86. The van der Waals surface area contributed by atoms with Crippen molar-refractivity contribution in [3.63, 3.8) is 0 Å². The van der Waals surface area contributed by atoms with E-state index in [1.165, 1.54) is 38.2 Å². The van der Waals surface area contributed by atoms with Crippen molar-refractivity contribution in [2.24, 2.45) is 34.5 Å². The lowest BCUT2D eigenvalue weighted by Gasteiger charge is -2.58. The molecule has 4 nitrogen and oxygen atoms in total. The normalized spacial score (nSPS) is 40.5. The molecule has 1 amide bonds. The van der Waals surface area contributed by atoms with Gasteiger partial charge >= 0.3 is 0 Å². The van der Waals surface area contributed by atoms with Crippen LogP contribution in [0.2, 0.25) is 0 Å². The monoisotopic (exact) mass is 441 g/mol. The van der Waals surface area contributed by atoms with E-state index in [4.69, 9.17) is 4.74 Å². The van der Waals surface area contributed by atoms with E-state index in [9.17, 15) is 9.59 Å². The molecule has 7 atom stereocenters. The first-order valence-corrected chi connectivity index (χ1v) is 13.0. The van der Waals surface area contributed by atoms with Crippen LogP contribution in [-0.4, -0.2) is 30.9 Å². The second kappa shape index (κ2) is 9.44. The summed E-state index contributed by atoms with van der Waals surface area (Å²) in [5.74, 6) is 2.88. The number of ketones is 1. The molecule has 4 aliphatic carbocycles. The lowest BCUT2D eigenvalue weighted by molar-refractivity contribution is -0.127. The van der Waals surface area contributed by atoms with Crippen LogP contribution >= 0.6 is 0 Å². The molecule has 0 saturated heterocycles. The molecule has 4 rings (SSSR count). The van der Waals surface area contributed by atoms with Gasteiger partial charge in [-0.3, -0.25) is 9.59 Å². The van der Waals surface area contributed by atoms with Crippen LogP contribution in [0.1, 0.15) is 85.0 Å². The molecule has 0 aromatic rings. The van der Waals surface area contributed by atoms with Gasteiger partial charge in [0, 0.05) is 19.1 Å². The molecule has 3 saturated carbocycles. The third-order valence-corrected chi connectivity index (χ3v) is 9.96. The van der Waals surface area contributed by atoms with Crippen LogP contribution in [0.3, 0.4) is 0 Å². The van der Waals surface area contributed by atoms with Gasteiger partial charge in [0.05, 0.1) is 6.10 Å². The molecule has 0 aromatic heterocycles. The first-order valence-electron chi connectivity index (χ1n) is 13.0. The number of nitrogens with one attached hydrogen (secondary N) is 1. The first-order chi connectivity index (χ1) is 15.3. The average Bonchev–Trinajstić information content (AvgIpc) is 3.13. The summed E-state index contributed by atoms with van der Waals surface area (Å²) in [4.78, 5) is 23.5. The van der Waals surface area contributed by atoms with Gasteiger partial charge < -0.3 is 10.1 Å². The fourth-order valence-electron chi connectivity index (χ4n) is 8.20. The molecule has 0 aromatic carbocycles. The summed E-state index contributed by atoms with van der Waals surface area (Å²) < 4.78 is 6.26. The summed E-state index contributed by atoms with van der Waals surface area (Å²) >= 11 is 0. The zero-order valence-electron chi connectivity index (χ0n) is 20.5. The lowest BCUT2D eigenvalue weighted by atomic mass is 9.47. The third-order valence-electron chi connectivity index (χ3n) is 9.96. The molecule has 0 aliphatic heterocycles. The van der Waals surface area contributed by atoms with E-state index in [1.54, 1.807) is 5.57 Å². The highest BCUT2D eigenvalue weighted by Gasteiger charge is 2.59. The van der Waals surface area contributed by atoms with Crippen LogP contribution in [0.15, 0.2) is 24.3 Å². The summed E-state index contributed by atoms with van der Waals surface area (Å²) in [5, 5.41) is 2.83. The van der Waals surface area contributed by atoms with Crippen molar-refractivity contribution in [2.45, 2.75) is 91.1 Å². The molecule has 3 fully saturated rings. The van der Waals surface area contributed by atoms with Gasteiger partial charge in [0.1, 0.15) is 5.78 Å². The van der Waals surface area contributed by atoms with E-state index < -0.39 is 0 Å². The highest BCUT2D eigenvalue weighted by Crippen LogP contribution is 2.66. The van der Waals surface area contributed by atoms with Gasteiger partial charge in [-0.25, -0.2) is 0 Å². The summed E-state index contributed by atoms with van der Waals surface area (Å²) in [6.07, 6.45) is 15.7. The summed E-state index contributed by atoms with van der Waals surface area (Å²) in [7, 11) is 0. The van der Waals surface area contributed by atoms with Gasteiger partial charge in [0.15, 0.2) is 0 Å². The Balaban J connectivity index is 1.33. The highest BCUT2D eigenvalue weighted by atomic mass is 16.5. The summed E-state index contributed by atoms with van der Waals surface area (Å²) in [6, 6.07) is 0. The largest absolute Gasteiger partial charge is 0.378 e. The predicted octanol–water partition coefficient (Wildman–Crippen LogP) is 5.62. The Bertz CT molecular complexity index is 773. The number of carbonyl (C=O) groups is 2. The van der Waals surface area contributed by atoms with E-state index in [2.05, 4.69) is 31.8 Å². The molecular formula is C28H43NO3. The van der Waals surface area contributed by atoms with Crippen LogP contribution in [0.5, 0.6) is 0 Å². The molecule has 0 spiro atoms. The predicted molar refractivity (Wildman–Crippen MR) is 128 cm³/mol. The molecule has 4 heteroatoms. The number of Topliss-reactive ketones (excluding diaryl/α,β-unsaturated/α-hetero) is 1. The number of unbranched alkanes of at least 4 members (excludes halogenated alkanes) is 1. The quantitative estimate of drug-likeness (QED) is 0.302. The Kier molecular flexibility index (Phi) is 7.00. The SMILES string of the molecule is C=CC(=O)NCCCCOC1CC[C@@]2(C)C(=CC[C@H]3[C@@H]4CC[C@H](C(C)=O)[C@@]4(C)CC[C@@H]32)C1. The van der Waals surface area contributed by atoms with Crippen molar-refractivity contribution < 1.29 is 14.3 Å². The maximum atomic E-state index is 12.3. The molecule has 0 heterocycles. The molecule has 0 bridgehead atoms. The minimum absolute atomic E-state index is 0.0996. The minimum atomic E-state index is -0.0996. The van der Waals surface area contributed by atoms with Crippen LogP contribution < -0.4 is 5.32 Å². The maximum Gasteiger partial charge on any atom is 0.243 e. The number of hydrogen-bond donors (Lipinski definition) is 1. The van der Waals surface area contributed by atoms with Crippen LogP contribution in [0, 0.1) is 34.5 Å². The van der Waals surface area contributed by atoms with Crippen molar-refractivity contribution in [3.05, 3.63) is 24.3 Å². The summed E-state index contributed by atoms with van der Waals surface area (Å²) in [6.45, 7) is 11.7. The van der Waals surface area contributed by atoms with E-state index in [0.717, 1.165) is 56.5 Å². The minimum Gasteiger partial charge on any atom is -0.378 e. The van der Waals surface area contributed by atoms with Gasteiger partial charge in [0.2, 0.25) is 5.91 Å². The van der Waals surface area contributed by atoms with Gasteiger partial charge in [-0.15, -0.1) is 0 Å². The number of carbonyl (C=O) groups excluding carboxylic acids is 2. The third kappa shape index (κ3) is 4.24. The van der Waals surface area contributed by atoms with Gasteiger partial charge in [-0.2, -0.15) is 0 Å². The molecule has 178 valence electrons. The number of fused-ring (bicyclic) bond motifs is 5. The van der Waals surface area contributed by atoms with Gasteiger partial charge in [0.25, 0.3) is 0 Å². The molecular weight excluding hydrogens is 398 g/mol. The van der Waals surface area contributed by atoms with Gasteiger partial charge in [-0.1, -0.05) is 32.1 Å². The first kappa shape index (κ1) is 23.7. The Morgan fingerprint density at radius 3 is 2.72 bits per heavy atom. The molecule has 0 radical (unpaired) electrons. The fourth-order valence-corrected chi connectivity index (χ4v) is 8.20. The Hall–Kier alpha value is -1.42. The van der Waals surface area contributed by atoms with Crippen molar-refractivity contribution >= 4 is 11.7 Å². The zero-order valence-corrected chi connectivity index (χ0v) is 20.5. The standard InChI is InChI=1S/C28H43NO3/c1-5-26(31)29-16-6-7-17-32-21-12-14-27(3)20(18-21)8-9-22-24-11-10-23(19(2)30)28(24,4)15-13-25(22)27/h5,8,21-25H,1,6-7,9-18H2,2-4H3,(H,29,31)/t21?,22-,23+,24-,25-,27-,28+/m0/s1. The molecule has 4 aliphatic rings. The topological polar surface area (TPSA) is 55.4 Å². The average molecular weight is 442 g/mol. The smallest absolute Gasteiger partial charge is 0.243 e. The second-order valence-electron chi connectivity index (χ2n) is 11.5. The Morgan fingerprint density at radius 2 is 1.97 bits per heavy atom. The summed E-state index contributed by atoms with van der Waals surface area (Å²) in [5.41, 5.74) is 2.21. The number of allylic oxidation sites excluding steroid dienone is 1. The Labute approximate surface area is 194 Å². The Morgan fingerprint density at radius 1 is 1.16 bits per heavy atom. The molecule has 1 N–H and O–H groups in total. The van der Waals surface area contributed by atoms with E-state index in [1.807, 2.05) is 6.92 Å². The van der Waals surface area contributed by atoms with Crippen molar-refractivity contribution in [2.75, 3.05) is 13.2 Å². The van der Waals surface area contributed by atoms with E-state index in [-0.39, 0.29) is 11.3 Å². The van der Waals surface area contributed by atoms with E-state index >= 15 is 0 Å². The molecule has 1 unspecified atom stereocenters. The number of ether oxygens (including phenoxy) is 1. The van der Waals surface area contributed by atoms with Gasteiger partial charge in [-0.05, 0) is 106 Å². The molecule has 32 heavy (non-hydrogen) atoms. The maximum absolute atomic E-state index is 12.3. The van der Waals surface area contributed by atoms with Crippen molar-refractivity contribution in [1.29, 1.82) is 0 Å². The van der Waals surface area contributed by atoms with Crippen LogP contribution in [-0.2, 0) is 14.3 Å². The van der Waals surface area contributed by atoms with Crippen molar-refractivity contribution in [1.82, 2.24) is 5.32 Å². The van der Waals surface area contributed by atoms with Crippen LogP contribution in [0.25, 0.3) is 0 Å². The number of amides is 1. The van der Waals surface area contributed by atoms with Crippen LogP contribution in [0.4, 0.5) is 0 Å². The fraction of sp³-hybridized carbons (Fsp3) is 0.786. The number of rotatable bonds is 8. The number of hydrogen-bond acceptors (Lipinski definition) is 3. The van der Waals surface area contributed by atoms with E-state index in [0.29, 0.717) is 29.8 Å². The lowest BCUT2D eigenvalue weighted by Crippen LogP contribution is -2.51.